The lowest BCUT2D eigenvalue weighted by Gasteiger charge is -2.35. The van der Waals surface area contributed by atoms with E-state index in [0.717, 1.165) is 0 Å². The van der Waals surface area contributed by atoms with Gasteiger partial charge in [-0.3, -0.25) is 4.79 Å². The summed E-state index contributed by atoms with van der Waals surface area (Å²) in [5, 5.41) is 8.61. The second-order valence-electron chi connectivity index (χ2n) is 2.44. The van der Waals surface area contributed by atoms with E-state index in [4.69, 9.17) is 5.11 Å². The Balaban J connectivity index is 2.67. The highest BCUT2D eigenvalue weighted by Gasteiger charge is 2.51. The number of rotatable bonds is 3. The smallest absolute Gasteiger partial charge is 0.349 e. The van der Waals surface area contributed by atoms with Gasteiger partial charge in [0.1, 0.15) is 0 Å². The molecule has 0 radical (unpaired) electrons. The number of aliphatic carboxylic acids is 1. The quantitative estimate of drug-likeness (QED) is 0.472. The van der Waals surface area contributed by atoms with E-state index in [2.05, 4.69) is 11.3 Å². The SMILES string of the molecule is C=CCC1(C(=O)O)CC(=O)O1. The van der Waals surface area contributed by atoms with Gasteiger partial charge in [0.25, 0.3) is 0 Å². The Kier molecular flexibility index (Phi) is 1.68. The Hall–Kier alpha value is -1.32. The topological polar surface area (TPSA) is 63.6 Å². The molecular formula is C7H8O4. The van der Waals surface area contributed by atoms with Crippen molar-refractivity contribution in [3.63, 3.8) is 0 Å². The minimum Gasteiger partial charge on any atom is -0.478 e. The van der Waals surface area contributed by atoms with Crippen LogP contribution in [0.5, 0.6) is 0 Å². The molecule has 1 heterocycles. The Labute approximate surface area is 63.5 Å². The van der Waals surface area contributed by atoms with Gasteiger partial charge in [-0.25, -0.2) is 4.79 Å². The monoisotopic (exact) mass is 156 g/mol. The van der Waals surface area contributed by atoms with Crippen molar-refractivity contribution in [2.24, 2.45) is 0 Å². The first kappa shape index (κ1) is 7.78. The fraction of sp³-hybridized carbons (Fsp3) is 0.429. The average molecular weight is 156 g/mol. The molecular weight excluding hydrogens is 148 g/mol. The number of carbonyl (C=O) groups is 2. The van der Waals surface area contributed by atoms with Crippen molar-refractivity contribution in [1.82, 2.24) is 0 Å². The molecule has 0 spiro atoms. The summed E-state index contributed by atoms with van der Waals surface area (Å²) in [6.07, 6.45) is 1.56. The highest BCUT2D eigenvalue weighted by atomic mass is 16.6. The van der Waals surface area contributed by atoms with Crippen LogP contribution in [0.2, 0.25) is 0 Å². The summed E-state index contributed by atoms with van der Waals surface area (Å²) in [4.78, 5) is 20.9. The Morgan fingerprint density at radius 1 is 1.91 bits per heavy atom. The number of esters is 1. The van der Waals surface area contributed by atoms with Crippen LogP contribution >= 0.6 is 0 Å². The zero-order valence-corrected chi connectivity index (χ0v) is 5.87. The second-order valence-corrected chi connectivity index (χ2v) is 2.44. The summed E-state index contributed by atoms with van der Waals surface area (Å²) in [5.41, 5.74) is -1.31. The lowest BCUT2D eigenvalue weighted by molar-refractivity contribution is -0.203. The molecule has 60 valence electrons. The third-order valence-corrected chi connectivity index (χ3v) is 1.60. The van der Waals surface area contributed by atoms with E-state index in [0.29, 0.717) is 0 Å². The van der Waals surface area contributed by atoms with E-state index in [1.165, 1.54) is 6.08 Å². The number of cyclic esters (lactones) is 1. The third-order valence-electron chi connectivity index (χ3n) is 1.60. The molecule has 0 aromatic carbocycles. The number of hydrogen-bond donors (Lipinski definition) is 1. The molecule has 1 fully saturated rings. The Bertz CT molecular complexity index is 205. The van der Waals surface area contributed by atoms with E-state index < -0.39 is 17.5 Å². The van der Waals surface area contributed by atoms with Gasteiger partial charge < -0.3 is 9.84 Å². The average Bonchev–Trinajstić information content (AvgIpc) is 1.84. The zero-order valence-electron chi connectivity index (χ0n) is 5.87. The van der Waals surface area contributed by atoms with Crippen LogP contribution in [0.4, 0.5) is 0 Å². The van der Waals surface area contributed by atoms with Crippen LogP contribution in [-0.2, 0) is 14.3 Å². The molecule has 1 aliphatic heterocycles. The molecule has 11 heavy (non-hydrogen) atoms. The van der Waals surface area contributed by atoms with Crippen LogP contribution in [0.1, 0.15) is 12.8 Å². The molecule has 0 aromatic rings. The van der Waals surface area contributed by atoms with Crippen LogP contribution in [0, 0.1) is 0 Å². The van der Waals surface area contributed by atoms with Gasteiger partial charge in [0.15, 0.2) is 0 Å². The summed E-state index contributed by atoms with van der Waals surface area (Å²) >= 11 is 0. The summed E-state index contributed by atoms with van der Waals surface area (Å²) in [7, 11) is 0. The molecule has 0 amide bonds. The van der Waals surface area contributed by atoms with E-state index >= 15 is 0 Å². The summed E-state index contributed by atoms with van der Waals surface area (Å²) in [6.45, 7) is 3.38. The van der Waals surface area contributed by atoms with Crippen LogP contribution in [0.3, 0.4) is 0 Å². The van der Waals surface area contributed by atoms with Gasteiger partial charge in [0.05, 0.1) is 6.42 Å². The highest BCUT2D eigenvalue weighted by molar-refractivity contribution is 5.92. The molecule has 1 rings (SSSR count). The van der Waals surface area contributed by atoms with Gasteiger partial charge in [0, 0.05) is 6.42 Å². The molecule has 1 unspecified atom stereocenters. The molecule has 0 aromatic heterocycles. The van der Waals surface area contributed by atoms with Gasteiger partial charge >= 0.3 is 11.9 Å². The van der Waals surface area contributed by atoms with Gasteiger partial charge in [-0.2, -0.15) is 0 Å². The van der Waals surface area contributed by atoms with Crippen molar-refractivity contribution in [2.75, 3.05) is 0 Å². The number of carbonyl (C=O) groups excluding carboxylic acids is 1. The standard InChI is InChI=1S/C7H8O4/c1-2-3-7(6(9)10)4-5(8)11-7/h2H,1,3-4H2,(H,9,10). The second kappa shape index (κ2) is 2.38. The van der Waals surface area contributed by atoms with Crippen molar-refractivity contribution in [2.45, 2.75) is 18.4 Å². The molecule has 4 nitrogen and oxygen atoms in total. The molecule has 4 heteroatoms. The highest BCUT2D eigenvalue weighted by Crippen LogP contribution is 2.31. The lowest BCUT2D eigenvalue weighted by atomic mass is 9.91. The first-order valence-corrected chi connectivity index (χ1v) is 3.17. The summed E-state index contributed by atoms with van der Waals surface area (Å²) in [5.74, 6) is -1.56. The molecule has 1 saturated heterocycles. The van der Waals surface area contributed by atoms with E-state index in [-0.39, 0.29) is 12.8 Å². The Morgan fingerprint density at radius 3 is 2.73 bits per heavy atom. The third kappa shape index (κ3) is 1.11. The van der Waals surface area contributed by atoms with Crippen LogP contribution in [0.25, 0.3) is 0 Å². The zero-order chi connectivity index (χ0) is 8.48. The van der Waals surface area contributed by atoms with Crippen LogP contribution < -0.4 is 0 Å². The molecule has 1 atom stereocenters. The largest absolute Gasteiger partial charge is 0.478 e. The van der Waals surface area contributed by atoms with Crippen molar-refractivity contribution in [3.05, 3.63) is 12.7 Å². The lowest BCUT2D eigenvalue weighted by Crippen LogP contribution is -2.53. The number of hydrogen-bond acceptors (Lipinski definition) is 3. The normalized spacial score (nSPS) is 28.5. The maximum absolute atomic E-state index is 10.5. The van der Waals surface area contributed by atoms with E-state index in [1.54, 1.807) is 0 Å². The first-order chi connectivity index (χ1) is 5.10. The van der Waals surface area contributed by atoms with Crippen LogP contribution in [0.15, 0.2) is 12.7 Å². The van der Waals surface area contributed by atoms with Crippen molar-refractivity contribution >= 4 is 11.9 Å². The summed E-state index contributed by atoms with van der Waals surface area (Å²) in [6, 6.07) is 0. The summed E-state index contributed by atoms with van der Waals surface area (Å²) < 4.78 is 4.52. The molecule has 0 saturated carbocycles. The van der Waals surface area contributed by atoms with Crippen molar-refractivity contribution < 1.29 is 19.4 Å². The van der Waals surface area contributed by atoms with E-state index in [9.17, 15) is 9.59 Å². The van der Waals surface area contributed by atoms with Crippen molar-refractivity contribution in [3.8, 4) is 0 Å². The van der Waals surface area contributed by atoms with Crippen molar-refractivity contribution in [1.29, 1.82) is 0 Å². The maximum Gasteiger partial charge on any atom is 0.349 e. The number of ether oxygens (including phenoxy) is 1. The first-order valence-electron chi connectivity index (χ1n) is 3.17. The Morgan fingerprint density at radius 2 is 2.45 bits per heavy atom. The molecule has 1 aliphatic rings. The number of carboxylic acid groups (broad SMARTS) is 1. The maximum atomic E-state index is 10.5. The fourth-order valence-corrected chi connectivity index (χ4v) is 0.996. The van der Waals surface area contributed by atoms with Gasteiger partial charge in [-0.15, -0.1) is 6.58 Å². The minimum absolute atomic E-state index is 0.0473. The molecule has 0 aliphatic carbocycles. The van der Waals surface area contributed by atoms with E-state index in [1.807, 2.05) is 0 Å². The predicted molar refractivity (Wildman–Crippen MR) is 35.9 cm³/mol. The predicted octanol–water partition coefficient (Wildman–Crippen LogP) is 0.333. The van der Waals surface area contributed by atoms with Gasteiger partial charge in [-0.05, 0) is 0 Å². The minimum atomic E-state index is -1.31. The molecule has 1 N–H and O–H groups in total. The van der Waals surface area contributed by atoms with Crippen LogP contribution in [-0.4, -0.2) is 22.6 Å². The van der Waals surface area contributed by atoms with Gasteiger partial charge in [0.2, 0.25) is 5.60 Å². The fourth-order valence-electron chi connectivity index (χ4n) is 0.996. The van der Waals surface area contributed by atoms with Gasteiger partial charge in [-0.1, -0.05) is 6.08 Å². The number of carboxylic acids is 1. The molecule has 0 bridgehead atoms.